The minimum absolute atomic E-state index is 0.113. The first-order valence-electron chi connectivity index (χ1n) is 10.1. The number of carbonyl (C=O) groups excluding carboxylic acids is 1. The standard InChI is InChI=1S/C23H26N4O2/c1-23(2,3)19-13-20(27-29-19)26-21(28)11-15-6-8-16(9-7-15)18-12-17-5-4-10-24-22(17)25-14-18/h6-9,12-14H,4-5,10-11H2,1-3H3,(H,24,25)(H,26,27,28)/p+1. The number of pyridine rings is 1. The lowest BCUT2D eigenvalue weighted by atomic mass is 9.93. The van der Waals surface area contributed by atoms with E-state index in [4.69, 9.17) is 4.52 Å². The van der Waals surface area contributed by atoms with Crippen molar-refractivity contribution >= 4 is 17.5 Å². The van der Waals surface area contributed by atoms with Crippen LogP contribution in [0.25, 0.3) is 11.1 Å². The summed E-state index contributed by atoms with van der Waals surface area (Å²) in [6.45, 7) is 7.23. The Hall–Kier alpha value is -2.99. The SMILES string of the molecule is CC(C)(C)c1cc(NC(=O)Cc2ccc(-c3cnc4c(c3)CCC[NH2+]4)cc2)no1. The summed E-state index contributed by atoms with van der Waals surface area (Å²) in [6, 6.07) is 12.1. The van der Waals surface area contributed by atoms with Crippen molar-refractivity contribution in [2.24, 2.45) is 0 Å². The second kappa shape index (κ2) is 7.79. The molecule has 0 fully saturated rings. The summed E-state index contributed by atoms with van der Waals surface area (Å²) >= 11 is 0. The molecule has 2 aromatic heterocycles. The number of amides is 1. The van der Waals surface area contributed by atoms with Gasteiger partial charge < -0.3 is 9.84 Å². The molecule has 6 heteroatoms. The predicted molar refractivity (Wildman–Crippen MR) is 112 cm³/mol. The summed E-state index contributed by atoms with van der Waals surface area (Å²) < 4.78 is 5.31. The highest BCUT2D eigenvalue weighted by Gasteiger charge is 2.20. The van der Waals surface area contributed by atoms with Crippen LogP contribution in [-0.2, 0) is 23.1 Å². The number of nitrogens with one attached hydrogen (secondary N) is 1. The molecule has 0 aliphatic carbocycles. The third kappa shape index (κ3) is 4.54. The molecule has 3 heterocycles. The van der Waals surface area contributed by atoms with Gasteiger partial charge in [0.15, 0.2) is 5.82 Å². The molecule has 0 spiro atoms. The fourth-order valence-corrected chi connectivity index (χ4v) is 3.47. The van der Waals surface area contributed by atoms with E-state index in [1.807, 2.05) is 51.2 Å². The van der Waals surface area contributed by atoms with Gasteiger partial charge in [0.2, 0.25) is 11.7 Å². The van der Waals surface area contributed by atoms with Crippen molar-refractivity contribution in [1.29, 1.82) is 0 Å². The number of nitrogens with two attached hydrogens (primary N) is 1. The largest absolute Gasteiger partial charge is 0.359 e. The molecule has 0 unspecified atom stereocenters. The molecule has 1 aliphatic heterocycles. The van der Waals surface area contributed by atoms with Crippen LogP contribution in [0.1, 0.15) is 44.1 Å². The van der Waals surface area contributed by atoms with E-state index >= 15 is 0 Å². The number of fused-ring (bicyclic) bond motifs is 1. The van der Waals surface area contributed by atoms with E-state index in [1.165, 1.54) is 12.0 Å². The van der Waals surface area contributed by atoms with Gasteiger partial charge in [0.05, 0.1) is 13.0 Å². The van der Waals surface area contributed by atoms with Gasteiger partial charge in [0, 0.05) is 35.2 Å². The van der Waals surface area contributed by atoms with Crippen LogP contribution >= 0.6 is 0 Å². The lowest BCUT2D eigenvalue weighted by molar-refractivity contribution is -0.579. The van der Waals surface area contributed by atoms with E-state index in [0.717, 1.165) is 41.2 Å². The summed E-state index contributed by atoms with van der Waals surface area (Å²) in [5, 5.41) is 8.95. The average Bonchev–Trinajstić information content (AvgIpc) is 3.17. The monoisotopic (exact) mass is 391 g/mol. The maximum Gasteiger partial charge on any atom is 0.230 e. The van der Waals surface area contributed by atoms with E-state index in [1.54, 1.807) is 6.07 Å². The first-order valence-corrected chi connectivity index (χ1v) is 10.1. The predicted octanol–water partition coefficient (Wildman–Crippen LogP) is 3.36. The van der Waals surface area contributed by atoms with Gasteiger partial charge in [-0.25, -0.2) is 4.98 Å². The Balaban J connectivity index is 1.40. The minimum Gasteiger partial charge on any atom is -0.359 e. The van der Waals surface area contributed by atoms with Crippen molar-refractivity contribution in [2.75, 3.05) is 11.9 Å². The molecular formula is C23H27N4O2+. The van der Waals surface area contributed by atoms with Gasteiger partial charge in [-0.2, -0.15) is 0 Å². The number of hydrogen-bond acceptors (Lipinski definition) is 4. The molecule has 29 heavy (non-hydrogen) atoms. The van der Waals surface area contributed by atoms with Crippen molar-refractivity contribution < 1.29 is 14.6 Å². The molecule has 6 nitrogen and oxygen atoms in total. The van der Waals surface area contributed by atoms with Gasteiger partial charge in [-0.3, -0.25) is 10.1 Å². The molecule has 1 aromatic carbocycles. The molecule has 4 rings (SSSR count). The van der Waals surface area contributed by atoms with Crippen LogP contribution in [0.2, 0.25) is 0 Å². The Morgan fingerprint density at radius 1 is 1.17 bits per heavy atom. The lowest BCUT2D eigenvalue weighted by Gasteiger charge is -2.13. The maximum absolute atomic E-state index is 12.3. The fraction of sp³-hybridized carbons (Fsp3) is 0.348. The second-order valence-corrected chi connectivity index (χ2v) is 8.61. The molecule has 150 valence electrons. The Bertz CT molecular complexity index is 1020. The highest BCUT2D eigenvalue weighted by molar-refractivity contribution is 5.91. The summed E-state index contributed by atoms with van der Waals surface area (Å²) in [4.78, 5) is 16.9. The smallest absolute Gasteiger partial charge is 0.230 e. The van der Waals surface area contributed by atoms with Crippen molar-refractivity contribution in [3.8, 4) is 11.1 Å². The summed E-state index contributed by atoms with van der Waals surface area (Å²) in [5.41, 5.74) is 4.35. The Kier molecular flexibility index (Phi) is 5.20. The van der Waals surface area contributed by atoms with E-state index in [-0.39, 0.29) is 17.7 Å². The molecular weight excluding hydrogens is 364 g/mol. The normalized spacial score (nSPS) is 13.8. The van der Waals surface area contributed by atoms with Gasteiger partial charge in [-0.1, -0.05) is 50.2 Å². The van der Waals surface area contributed by atoms with Gasteiger partial charge in [0.1, 0.15) is 5.76 Å². The molecule has 1 aliphatic rings. The first kappa shape index (κ1) is 19.3. The van der Waals surface area contributed by atoms with E-state index in [2.05, 4.69) is 26.8 Å². The van der Waals surface area contributed by atoms with E-state index in [0.29, 0.717) is 5.82 Å². The molecule has 0 atom stereocenters. The molecule has 0 saturated heterocycles. The fourth-order valence-electron chi connectivity index (χ4n) is 3.47. The van der Waals surface area contributed by atoms with Crippen LogP contribution in [0.5, 0.6) is 0 Å². The number of hydrogen-bond donors (Lipinski definition) is 2. The third-order valence-electron chi connectivity index (χ3n) is 5.16. The number of aryl methyl sites for hydroxylation is 1. The first-order chi connectivity index (χ1) is 13.9. The molecule has 0 saturated carbocycles. The average molecular weight is 391 g/mol. The number of benzene rings is 1. The van der Waals surface area contributed by atoms with Crippen LogP contribution in [0.4, 0.5) is 11.6 Å². The molecule has 1 amide bonds. The van der Waals surface area contributed by atoms with Crippen LogP contribution in [0.3, 0.4) is 0 Å². The van der Waals surface area contributed by atoms with Gasteiger partial charge >= 0.3 is 0 Å². The highest BCUT2D eigenvalue weighted by Crippen LogP contribution is 2.25. The summed E-state index contributed by atoms with van der Waals surface area (Å²) in [6.07, 6.45) is 4.49. The number of anilines is 1. The summed E-state index contributed by atoms with van der Waals surface area (Å²) in [7, 11) is 0. The Morgan fingerprint density at radius 3 is 2.69 bits per heavy atom. The Labute approximate surface area is 170 Å². The Morgan fingerprint density at radius 2 is 1.97 bits per heavy atom. The van der Waals surface area contributed by atoms with Crippen LogP contribution < -0.4 is 10.6 Å². The van der Waals surface area contributed by atoms with Crippen molar-refractivity contribution in [3.63, 3.8) is 0 Å². The highest BCUT2D eigenvalue weighted by atomic mass is 16.5. The maximum atomic E-state index is 12.3. The molecule has 3 N–H and O–H groups in total. The molecule has 0 radical (unpaired) electrons. The van der Waals surface area contributed by atoms with Gasteiger partial charge in [0.25, 0.3) is 0 Å². The second-order valence-electron chi connectivity index (χ2n) is 8.61. The zero-order valence-electron chi connectivity index (χ0n) is 17.2. The zero-order valence-corrected chi connectivity index (χ0v) is 17.2. The number of carbonyl (C=O) groups is 1. The number of quaternary nitrogens is 1. The molecule has 0 bridgehead atoms. The topological polar surface area (TPSA) is 84.6 Å². The zero-order chi connectivity index (χ0) is 20.4. The van der Waals surface area contributed by atoms with Crippen LogP contribution in [-0.4, -0.2) is 22.6 Å². The lowest BCUT2D eigenvalue weighted by Crippen LogP contribution is -2.80. The summed E-state index contributed by atoms with van der Waals surface area (Å²) in [5.74, 6) is 2.20. The van der Waals surface area contributed by atoms with E-state index in [9.17, 15) is 4.79 Å². The van der Waals surface area contributed by atoms with Crippen molar-refractivity contribution in [3.05, 3.63) is 59.5 Å². The van der Waals surface area contributed by atoms with Crippen LogP contribution in [0.15, 0.2) is 47.1 Å². The quantitative estimate of drug-likeness (QED) is 0.714. The minimum atomic E-state index is -0.143. The van der Waals surface area contributed by atoms with Gasteiger partial charge in [-0.05, 0) is 23.6 Å². The van der Waals surface area contributed by atoms with Crippen molar-refractivity contribution in [2.45, 2.75) is 45.4 Å². The molecule has 3 aromatic rings. The van der Waals surface area contributed by atoms with Crippen molar-refractivity contribution in [1.82, 2.24) is 10.1 Å². The number of aromatic nitrogens is 2. The number of nitrogens with zero attached hydrogens (tertiary/aromatic N) is 2. The third-order valence-corrected chi connectivity index (χ3v) is 5.16. The number of rotatable bonds is 4. The van der Waals surface area contributed by atoms with Gasteiger partial charge in [-0.15, -0.1) is 0 Å². The van der Waals surface area contributed by atoms with Crippen LogP contribution in [0, 0.1) is 0 Å². The van der Waals surface area contributed by atoms with E-state index < -0.39 is 0 Å².